The van der Waals surface area contributed by atoms with Crippen LogP contribution < -0.4 is 19.6 Å². The molecule has 1 N–H and O–H groups in total. The highest BCUT2D eigenvalue weighted by molar-refractivity contribution is 5.83. The molecule has 0 saturated heterocycles. The molecule has 2 rings (SSSR count). The van der Waals surface area contributed by atoms with Crippen molar-refractivity contribution in [2.75, 3.05) is 20.3 Å². The third-order valence-corrected chi connectivity index (χ3v) is 3.48. The molecule has 0 aliphatic rings. The maximum atomic E-state index is 11.8. The highest BCUT2D eigenvalue weighted by Gasteiger charge is 2.02. The molecule has 0 heterocycles. The van der Waals surface area contributed by atoms with E-state index in [1.54, 1.807) is 25.5 Å². The van der Waals surface area contributed by atoms with Crippen LogP contribution in [0.5, 0.6) is 17.2 Å². The number of nitrogens with zero attached hydrogens (tertiary/aromatic N) is 1. The van der Waals surface area contributed by atoms with Crippen molar-refractivity contribution in [2.24, 2.45) is 5.10 Å². The number of carbonyl (C=O) groups is 1. The largest absolute Gasteiger partial charge is 0.497 e. The lowest BCUT2D eigenvalue weighted by Crippen LogP contribution is -2.24. The van der Waals surface area contributed by atoms with E-state index in [0.717, 1.165) is 29.9 Å². The Morgan fingerprint density at radius 3 is 2.23 bits per heavy atom. The van der Waals surface area contributed by atoms with Crippen LogP contribution in [0.1, 0.15) is 25.3 Å². The van der Waals surface area contributed by atoms with Gasteiger partial charge >= 0.3 is 0 Å². The van der Waals surface area contributed by atoms with Gasteiger partial charge in [-0.15, -0.1) is 0 Å². The summed E-state index contributed by atoms with van der Waals surface area (Å²) in [5.41, 5.74) is 3.28. The molecule has 0 aliphatic heterocycles. The lowest BCUT2D eigenvalue weighted by Gasteiger charge is -2.07. The number of amides is 1. The fourth-order valence-electron chi connectivity index (χ4n) is 2.02. The summed E-state index contributed by atoms with van der Waals surface area (Å²) >= 11 is 0. The van der Waals surface area contributed by atoms with Crippen molar-refractivity contribution in [3.05, 3.63) is 54.1 Å². The van der Waals surface area contributed by atoms with E-state index in [9.17, 15) is 4.79 Å². The number of unbranched alkanes of at least 4 members (excludes halogenated alkanes) is 1. The van der Waals surface area contributed by atoms with Crippen LogP contribution in [-0.2, 0) is 4.79 Å². The Kier molecular flexibility index (Phi) is 7.99. The minimum absolute atomic E-state index is 0.115. The molecule has 0 aliphatic carbocycles. The number of carbonyl (C=O) groups excluding carboxylic acids is 1. The molecule has 6 nitrogen and oxygen atoms in total. The van der Waals surface area contributed by atoms with Gasteiger partial charge in [-0.05, 0) is 60.5 Å². The van der Waals surface area contributed by atoms with Crippen LogP contribution in [0.3, 0.4) is 0 Å². The molecule has 0 atom stereocenters. The van der Waals surface area contributed by atoms with Crippen molar-refractivity contribution in [3.63, 3.8) is 0 Å². The molecule has 6 heteroatoms. The molecule has 26 heavy (non-hydrogen) atoms. The van der Waals surface area contributed by atoms with Gasteiger partial charge in [0.25, 0.3) is 5.91 Å². The number of methoxy groups -OCH3 is 1. The minimum Gasteiger partial charge on any atom is -0.497 e. The Balaban J connectivity index is 1.71. The molecule has 2 aromatic carbocycles. The van der Waals surface area contributed by atoms with Crippen molar-refractivity contribution in [3.8, 4) is 17.2 Å². The van der Waals surface area contributed by atoms with Gasteiger partial charge in [-0.2, -0.15) is 5.10 Å². The summed E-state index contributed by atoms with van der Waals surface area (Å²) in [6.07, 6.45) is 3.67. The Morgan fingerprint density at radius 2 is 1.62 bits per heavy atom. The quantitative estimate of drug-likeness (QED) is 0.402. The summed E-state index contributed by atoms with van der Waals surface area (Å²) in [5.74, 6) is 1.82. The molecule has 0 fully saturated rings. The summed E-state index contributed by atoms with van der Waals surface area (Å²) in [6, 6.07) is 14.5. The van der Waals surface area contributed by atoms with Crippen molar-refractivity contribution >= 4 is 12.1 Å². The second kappa shape index (κ2) is 10.8. The van der Waals surface area contributed by atoms with Crippen LogP contribution in [0, 0.1) is 0 Å². The van der Waals surface area contributed by atoms with Gasteiger partial charge in [0.15, 0.2) is 6.61 Å². The van der Waals surface area contributed by atoms with E-state index < -0.39 is 0 Å². The number of hydrogen-bond donors (Lipinski definition) is 1. The zero-order chi connectivity index (χ0) is 18.6. The molecule has 0 saturated carbocycles. The van der Waals surface area contributed by atoms with Crippen LogP contribution in [0.2, 0.25) is 0 Å². The van der Waals surface area contributed by atoms with E-state index in [2.05, 4.69) is 17.5 Å². The number of rotatable bonds is 10. The molecule has 2 aromatic rings. The van der Waals surface area contributed by atoms with E-state index >= 15 is 0 Å². The summed E-state index contributed by atoms with van der Waals surface area (Å²) in [4.78, 5) is 11.8. The van der Waals surface area contributed by atoms with Gasteiger partial charge < -0.3 is 14.2 Å². The number of hydrogen-bond acceptors (Lipinski definition) is 5. The molecule has 0 bridgehead atoms. The molecule has 0 spiro atoms. The maximum Gasteiger partial charge on any atom is 0.277 e. The number of nitrogens with one attached hydrogen (secondary N) is 1. The van der Waals surface area contributed by atoms with E-state index in [0.29, 0.717) is 12.4 Å². The molecular weight excluding hydrogens is 332 g/mol. The highest BCUT2D eigenvalue weighted by atomic mass is 16.5. The Labute approximate surface area is 153 Å². The second-order valence-corrected chi connectivity index (χ2v) is 5.53. The number of benzene rings is 2. The Hall–Kier alpha value is -3.02. The van der Waals surface area contributed by atoms with Gasteiger partial charge in [-0.3, -0.25) is 4.79 Å². The standard InChI is InChI=1S/C20H24N2O4/c1-3-4-13-25-18-9-11-19(12-10-18)26-15-20(23)22-21-14-16-5-7-17(24-2)8-6-16/h5-12,14H,3-4,13,15H2,1-2H3,(H,22,23)/b21-14+. The number of hydrazone groups is 1. The monoisotopic (exact) mass is 356 g/mol. The topological polar surface area (TPSA) is 69.2 Å². The van der Waals surface area contributed by atoms with E-state index in [4.69, 9.17) is 14.2 Å². The van der Waals surface area contributed by atoms with Crippen molar-refractivity contribution in [1.29, 1.82) is 0 Å². The maximum absolute atomic E-state index is 11.8. The van der Waals surface area contributed by atoms with Crippen LogP contribution in [-0.4, -0.2) is 32.4 Å². The van der Waals surface area contributed by atoms with Crippen LogP contribution in [0.25, 0.3) is 0 Å². The zero-order valence-electron chi connectivity index (χ0n) is 15.1. The fourth-order valence-corrected chi connectivity index (χ4v) is 2.02. The summed E-state index contributed by atoms with van der Waals surface area (Å²) in [6.45, 7) is 2.70. The average molecular weight is 356 g/mol. The fraction of sp³-hybridized carbons (Fsp3) is 0.300. The summed E-state index contributed by atoms with van der Waals surface area (Å²) < 4.78 is 16.1. The first-order valence-corrected chi connectivity index (χ1v) is 8.53. The first-order valence-electron chi connectivity index (χ1n) is 8.53. The predicted octanol–water partition coefficient (Wildman–Crippen LogP) is 3.40. The Morgan fingerprint density at radius 1 is 1.00 bits per heavy atom. The van der Waals surface area contributed by atoms with Gasteiger partial charge in [-0.1, -0.05) is 13.3 Å². The van der Waals surface area contributed by atoms with Gasteiger partial charge in [0.2, 0.25) is 0 Å². The van der Waals surface area contributed by atoms with Gasteiger partial charge in [0.05, 0.1) is 19.9 Å². The van der Waals surface area contributed by atoms with Crippen LogP contribution in [0.4, 0.5) is 0 Å². The van der Waals surface area contributed by atoms with Gasteiger partial charge in [0, 0.05) is 0 Å². The lowest BCUT2D eigenvalue weighted by molar-refractivity contribution is -0.123. The second-order valence-electron chi connectivity index (χ2n) is 5.53. The molecule has 0 radical (unpaired) electrons. The summed E-state index contributed by atoms with van der Waals surface area (Å²) in [5, 5.41) is 3.90. The van der Waals surface area contributed by atoms with Crippen LogP contribution in [0.15, 0.2) is 53.6 Å². The predicted molar refractivity (Wildman–Crippen MR) is 101 cm³/mol. The number of ether oxygens (including phenoxy) is 3. The van der Waals surface area contributed by atoms with Crippen molar-refractivity contribution in [2.45, 2.75) is 19.8 Å². The molecule has 0 unspecified atom stereocenters. The van der Waals surface area contributed by atoms with E-state index in [1.807, 2.05) is 36.4 Å². The molecule has 138 valence electrons. The SMILES string of the molecule is CCCCOc1ccc(OCC(=O)N/N=C/c2ccc(OC)cc2)cc1. The van der Waals surface area contributed by atoms with Crippen LogP contribution >= 0.6 is 0 Å². The normalized spacial score (nSPS) is 10.5. The zero-order valence-corrected chi connectivity index (χ0v) is 15.1. The van der Waals surface area contributed by atoms with Crippen molar-refractivity contribution < 1.29 is 19.0 Å². The first kappa shape index (κ1) is 19.3. The summed E-state index contributed by atoms with van der Waals surface area (Å²) in [7, 11) is 1.61. The van der Waals surface area contributed by atoms with Gasteiger partial charge in [-0.25, -0.2) is 5.43 Å². The first-order chi connectivity index (χ1) is 12.7. The van der Waals surface area contributed by atoms with Crippen molar-refractivity contribution in [1.82, 2.24) is 5.43 Å². The smallest absolute Gasteiger partial charge is 0.277 e. The third-order valence-electron chi connectivity index (χ3n) is 3.48. The molecule has 1 amide bonds. The van der Waals surface area contributed by atoms with E-state index in [-0.39, 0.29) is 12.5 Å². The highest BCUT2D eigenvalue weighted by Crippen LogP contribution is 2.17. The average Bonchev–Trinajstić information content (AvgIpc) is 2.68. The Bertz CT molecular complexity index is 697. The third kappa shape index (κ3) is 6.84. The minimum atomic E-state index is -0.335. The molecule has 0 aromatic heterocycles. The van der Waals surface area contributed by atoms with E-state index in [1.165, 1.54) is 0 Å². The molecular formula is C20H24N2O4. The van der Waals surface area contributed by atoms with Gasteiger partial charge in [0.1, 0.15) is 17.2 Å². The lowest BCUT2D eigenvalue weighted by atomic mass is 10.2.